The van der Waals surface area contributed by atoms with Crippen molar-refractivity contribution >= 4 is 5.97 Å². The molecule has 0 radical (unpaired) electrons. The minimum atomic E-state index is -1.25. The summed E-state index contributed by atoms with van der Waals surface area (Å²) in [6.45, 7) is 1.81. The topological polar surface area (TPSA) is 98.0 Å². The number of aromatic carboxylic acids is 1. The van der Waals surface area contributed by atoms with Crippen molar-refractivity contribution in [1.82, 2.24) is 0 Å². The van der Waals surface area contributed by atoms with E-state index in [0.29, 0.717) is 12.8 Å². The number of phenolic OH excluding ortho intramolecular Hbond substituents is 3. The van der Waals surface area contributed by atoms with E-state index < -0.39 is 23.2 Å². The molecule has 0 heterocycles. The van der Waals surface area contributed by atoms with Crippen molar-refractivity contribution in [2.24, 2.45) is 0 Å². The van der Waals surface area contributed by atoms with Crippen LogP contribution in [-0.4, -0.2) is 26.4 Å². The highest BCUT2D eigenvalue weighted by molar-refractivity contribution is 5.91. The van der Waals surface area contributed by atoms with Crippen LogP contribution in [0.15, 0.2) is 42.5 Å². The number of carboxylic acid groups (broad SMARTS) is 1. The third kappa shape index (κ3) is 4.42. The molecule has 21 heavy (non-hydrogen) atoms. The smallest absolute Gasteiger partial charge is 0.336 e. The van der Waals surface area contributed by atoms with Crippen LogP contribution in [0.2, 0.25) is 0 Å². The zero-order valence-electron chi connectivity index (χ0n) is 11.7. The van der Waals surface area contributed by atoms with Crippen molar-refractivity contribution in [2.75, 3.05) is 0 Å². The molecule has 2 aromatic carbocycles. The monoisotopic (exact) mass is 290 g/mol. The third-order valence-corrected chi connectivity index (χ3v) is 2.76. The molecule has 0 amide bonds. The van der Waals surface area contributed by atoms with E-state index in [4.69, 9.17) is 10.2 Å². The van der Waals surface area contributed by atoms with Gasteiger partial charge in [-0.2, -0.15) is 0 Å². The van der Waals surface area contributed by atoms with Crippen LogP contribution in [0.5, 0.6) is 17.2 Å². The molecule has 0 saturated heterocycles. The second kappa shape index (κ2) is 7.79. The van der Waals surface area contributed by atoms with Crippen molar-refractivity contribution in [3.8, 4) is 17.2 Å². The lowest BCUT2D eigenvalue weighted by atomic mass is 10.0. The van der Waals surface area contributed by atoms with Gasteiger partial charge in [0.15, 0.2) is 11.5 Å². The number of aromatic hydroxyl groups is 3. The lowest BCUT2D eigenvalue weighted by molar-refractivity contribution is 0.0694. The van der Waals surface area contributed by atoms with Gasteiger partial charge in [-0.15, -0.1) is 0 Å². The van der Waals surface area contributed by atoms with Crippen LogP contribution in [-0.2, 0) is 6.42 Å². The van der Waals surface area contributed by atoms with Gasteiger partial charge < -0.3 is 20.4 Å². The van der Waals surface area contributed by atoms with Crippen LogP contribution in [0.4, 0.5) is 0 Å². The maximum atomic E-state index is 10.8. The van der Waals surface area contributed by atoms with Crippen LogP contribution in [0.1, 0.15) is 29.3 Å². The first kappa shape index (κ1) is 16.4. The SMILES string of the molecule is CCCc1c(C(=O)O)cc(O)c(O)c1O.c1ccccc1. The molecule has 5 nitrogen and oxygen atoms in total. The summed E-state index contributed by atoms with van der Waals surface area (Å²) < 4.78 is 0. The van der Waals surface area contributed by atoms with Gasteiger partial charge in [-0.1, -0.05) is 49.7 Å². The molecule has 4 N–H and O–H groups in total. The molecule has 2 rings (SSSR count). The summed E-state index contributed by atoms with van der Waals surface area (Å²) in [5.74, 6) is -3.12. The number of carboxylic acids is 1. The summed E-state index contributed by atoms with van der Waals surface area (Å²) in [4.78, 5) is 10.8. The Kier molecular flexibility index (Phi) is 6.07. The molecule has 2 aromatic rings. The highest BCUT2D eigenvalue weighted by Crippen LogP contribution is 2.40. The Bertz CT molecular complexity index is 567. The summed E-state index contributed by atoms with van der Waals surface area (Å²) >= 11 is 0. The van der Waals surface area contributed by atoms with E-state index in [1.807, 2.05) is 43.3 Å². The highest BCUT2D eigenvalue weighted by atomic mass is 16.4. The number of hydrogen-bond acceptors (Lipinski definition) is 4. The molecule has 0 aliphatic rings. The minimum absolute atomic E-state index is 0.139. The fourth-order valence-electron chi connectivity index (χ4n) is 1.76. The van der Waals surface area contributed by atoms with Crippen molar-refractivity contribution in [1.29, 1.82) is 0 Å². The Morgan fingerprint density at radius 1 is 0.952 bits per heavy atom. The molecule has 0 bridgehead atoms. The Morgan fingerprint density at radius 3 is 1.81 bits per heavy atom. The summed E-state index contributed by atoms with van der Waals surface area (Å²) in [6, 6.07) is 12.9. The molecular formula is C16H18O5. The third-order valence-electron chi connectivity index (χ3n) is 2.76. The van der Waals surface area contributed by atoms with Gasteiger partial charge in [0.2, 0.25) is 5.75 Å². The molecule has 0 aliphatic heterocycles. The molecule has 0 aliphatic carbocycles. The van der Waals surface area contributed by atoms with Crippen molar-refractivity contribution in [3.05, 3.63) is 53.6 Å². The number of phenols is 3. The van der Waals surface area contributed by atoms with E-state index in [1.165, 1.54) is 0 Å². The Labute approximate surface area is 122 Å². The number of carbonyl (C=O) groups is 1. The molecule has 0 spiro atoms. The van der Waals surface area contributed by atoms with E-state index in [9.17, 15) is 15.0 Å². The first-order valence-corrected chi connectivity index (χ1v) is 6.49. The largest absolute Gasteiger partial charge is 0.504 e. The van der Waals surface area contributed by atoms with Gasteiger partial charge in [0.05, 0.1) is 5.56 Å². The fraction of sp³-hybridized carbons (Fsp3) is 0.188. The van der Waals surface area contributed by atoms with Gasteiger partial charge in [0.25, 0.3) is 0 Å². The van der Waals surface area contributed by atoms with Crippen molar-refractivity contribution in [2.45, 2.75) is 19.8 Å². The molecule has 0 saturated carbocycles. The van der Waals surface area contributed by atoms with Crippen molar-refractivity contribution in [3.63, 3.8) is 0 Å². The van der Waals surface area contributed by atoms with E-state index in [2.05, 4.69) is 0 Å². The molecule has 112 valence electrons. The maximum absolute atomic E-state index is 10.8. The summed E-state index contributed by atoms with van der Waals surface area (Å²) in [7, 11) is 0. The zero-order chi connectivity index (χ0) is 15.8. The van der Waals surface area contributed by atoms with Crippen molar-refractivity contribution < 1.29 is 25.2 Å². The Balaban J connectivity index is 0.000000304. The van der Waals surface area contributed by atoms with Crippen LogP contribution >= 0.6 is 0 Å². The van der Waals surface area contributed by atoms with Gasteiger partial charge in [0.1, 0.15) is 0 Å². The standard InChI is InChI=1S/C10H12O5.C6H6/c1-2-3-5-6(10(14)15)4-7(11)9(13)8(5)12;1-2-4-6-5-3-1/h4,11-13H,2-3H2,1H3,(H,14,15);1-6H. The average molecular weight is 290 g/mol. The predicted molar refractivity (Wildman–Crippen MR) is 78.8 cm³/mol. The van der Waals surface area contributed by atoms with Gasteiger partial charge >= 0.3 is 5.97 Å². The highest BCUT2D eigenvalue weighted by Gasteiger charge is 2.19. The second-order valence-electron chi connectivity index (χ2n) is 4.33. The fourth-order valence-corrected chi connectivity index (χ4v) is 1.76. The van der Waals surface area contributed by atoms with E-state index in [0.717, 1.165) is 6.07 Å². The first-order valence-electron chi connectivity index (χ1n) is 6.49. The van der Waals surface area contributed by atoms with E-state index in [1.54, 1.807) is 0 Å². The molecule has 0 aromatic heterocycles. The predicted octanol–water partition coefficient (Wildman–Crippen LogP) is 3.14. The normalized spacial score (nSPS) is 9.57. The van der Waals surface area contributed by atoms with Gasteiger partial charge in [-0.25, -0.2) is 4.79 Å². The Hall–Kier alpha value is -2.69. The lowest BCUT2D eigenvalue weighted by Crippen LogP contribution is -2.02. The first-order chi connectivity index (χ1) is 9.99. The molecule has 0 fully saturated rings. The molecule has 5 heteroatoms. The molecule has 0 atom stereocenters. The zero-order valence-corrected chi connectivity index (χ0v) is 11.7. The van der Waals surface area contributed by atoms with Gasteiger partial charge in [-0.05, 0) is 12.5 Å². The lowest BCUT2D eigenvalue weighted by Gasteiger charge is -2.10. The average Bonchev–Trinajstić information content (AvgIpc) is 2.50. The number of rotatable bonds is 3. The van der Waals surface area contributed by atoms with Gasteiger partial charge in [-0.3, -0.25) is 0 Å². The van der Waals surface area contributed by atoms with Crippen LogP contribution in [0, 0.1) is 0 Å². The summed E-state index contributed by atoms with van der Waals surface area (Å²) in [6.07, 6.45) is 0.944. The van der Waals surface area contributed by atoms with Gasteiger partial charge in [0, 0.05) is 5.56 Å². The summed E-state index contributed by atoms with van der Waals surface area (Å²) in [5, 5.41) is 36.7. The van der Waals surface area contributed by atoms with Crippen LogP contribution < -0.4 is 0 Å². The number of hydrogen-bond donors (Lipinski definition) is 4. The van der Waals surface area contributed by atoms with Crippen LogP contribution in [0.25, 0.3) is 0 Å². The quantitative estimate of drug-likeness (QED) is 0.651. The Morgan fingerprint density at radius 2 is 1.43 bits per heavy atom. The number of benzene rings is 2. The van der Waals surface area contributed by atoms with Crippen LogP contribution in [0.3, 0.4) is 0 Å². The van der Waals surface area contributed by atoms with E-state index in [-0.39, 0.29) is 11.1 Å². The summed E-state index contributed by atoms with van der Waals surface area (Å²) in [5.41, 5.74) is -0.0510. The second-order valence-corrected chi connectivity index (χ2v) is 4.33. The molecule has 0 unspecified atom stereocenters. The van der Waals surface area contributed by atoms with E-state index >= 15 is 0 Å². The maximum Gasteiger partial charge on any atom is 0.336 e. The molecular weight excluding hydrogens is 272 g/mol. The minimum Gasteiger partial charge on any atom is -0.504 e.